The Morgan fingerprint density at radius 1 is 0.897 bits per heavy atom. The SMILES string of the molecule is COc1ccc(C(=O)N(Cc2cccc(NC(=O)c3ccc4c(c3)OCO4)c2)C2CCC(N)CC2)cc1OC. The molecule has 2 aliphatic rings. The van der Waals surface area contributed by atoms with Crippen molar-refractivity contribution < 1.29 is 28.5 Å². The normalized spacial score (nSPS) is 17.8. The van der Waals surface area contributed by atoms with E-state index in [1.807, 2.05) is 29.2 Å². The first-order chi connectivity index (χ1) is 18.9. The van der Waals surface area contributed by atoms with Crippen LogP contribution in [0.25, 0.3) is 0 Å². The number of carbonyl (C=O) groups excluding carboxylic acids is 2. The van der Waals surface area contributed by atoms with Gasteiger partial charge in [-0.25, -0.2) is 0 Å². The molecular weight excluding hydrogens is 498 g/mol. The van der Waals surface area contributed by atoms with E-state index < -0.39 is 0 Å². The zero-order valence-corrected chi connectivity index (χ0v) is 22.1. The lowest BCUT2D eigenvalue weighted by Crippen LogP contribution is -2.43. The van der Waals surface area contributed by atoms with Gasteiger partial charge in [0.05, 0.1) is 14.2 Å². The Morgan fingerprint density at radius 3 is 2.41 bits per heavy atom. The Bertz CT molecular complexity index is 1350. The second-order valence-electron chi connectivity index (χ2n) is 9.79. The van der Waals surface area contributed by atoms with Crippen LogP contribution in [0.3, 0.4) is 0 Å². The third-order valence-corrected chi connectivity index (χ3v) is 7.25. The number of ether oxygens (including phenoxy) is 4. The van der Waals surface area contributed by atoms with E-state index in [2.05, 4.69) is 5.32 Å². The Labute approximate surface area is 227 Å². The molecule has 1 saturated carbocycles. The van der Waals surface area contributed by atoms with Crippen LogP contribution in [0.5, 0.6) is 23.0 Å². The maximum atomic E-state index is 13.8. The van der Waals surface area contributed by atoms with E-state index in [-0.39, 0.29) is 30.7 Å². The summed E-state index contributed by atoms with van der Waals surface area (Å²) in [5.74, 6) is 1.89. The molecule has 0 aromatic heterocycles. The van der Waals surface area contributed by atoms with Gasteiger partial charge in [0.1, 0.15) is 0 Å². The summed E-state index contributed by atoms with van der Waals surface area (Å²) in [7, 11) is 3.12. The van der Waals surface area contributed by atoms with Gasteiger partial charge < -0.3 is 34.9 Å². The number of hydrogen-bond acceptors (Lipinski definition) is 7. The fourth-order valence-corrected chi connectivity index (χ4v) is 5.10. The Hall–Kier alpha value is -4.24. The third kappa shape index (κ3) is 5.93. The average molecular weight is 532 g/mol. The van der Waals surface area contributed by atoms with Gasteiger partial charge in [-0.05, 0) is 79.8 Å². The lowest BCUT2D eigenvalue weighted by atomic mass is 9.90. The van der Waals surface area contributed by atoms with Gasteiger partial charge in [0.25, 0.3) is 11.8 Å². The molecule has 3 aromatic carbocycles. The van der Waals surface area contributed by atoms with Crippen LogP contribution >= 0.6 is 0 Å². The minimum absolute atomic E-state index is 0.0530. The van der Waals surface area contributed by atoms with Crippen LogP contribution in [0.2, 0.25) is 0 Å². The van der Waals surface area contributed by atoms with E-state index in [0.717, 1.165) is 31.2 Å². The fourth-order valence-electron chi connectivity index (χ4n) is 5.10. The zero-order chi connectivity index (χ0) is 27.4. The lowest BCUT2D eigenvalue weighted by Gasteiger charge is -2.36. The van der Waals surface area contributed by atoms with E-state index >= 15 is 0 Å². The number of anilines is 1. The fraction of sp³-hybridized carbons (Fsp3) is 0.333. The molecule has 39 heavy (non-hydrogen) atoms. The largest absolute Gasteiger partial charge is 0.493 e. The predicted octanol–water partition coefficient (Wildman–Crippen LogP) is 4.60. The Kier molecular flexibility index (Phi) is 7.88. The van der Waals surface area contributed by atoms with E-state index in [9.17, 15) is 9.59 Å². The van der Waals surface area contributed by atoms with Crippen molar-refractivity contribution in [3.05, 3.63) is 77.4 Å². The molecule has 1 fully saturated rings. The van der Waals surface area contributed by atoms with Gasteiger partial charge in [-0.3, -0.25) is 9.59 Å². The molecule has 204 valence electrons. The number of nitrogens with zero attached hydrogens (tertiary/aromatic N) is 1. The van der Waals surface area contributed by atoms with Crippen molar-refractivity contribution >= 4 is 17.5 Å². The summed E-state index contributed by atoms with van der Waals surface area (Å²) >= 11 is 0. The van der Waals surface area contributed by atoms with Gasteiger partial charge in [-0.2, -0.15) is 0 Å². The highest BCUT2D eigenvalue weighted by Crippen LogP contribution is 2.33. The number of nitrogens with one attached hydrogen (secondary N) is 1. The first-order valence-corrected chi connectivity index (χ1v) is 13.0. The van der Waals surface area contributed by atoms with Crippen molar-refractivity contribution in [2.24, 2.45) is 5.73 Å². The van der Waals surface area contributed by atoms with Crippen molar-refractivity contribution in [3.63, 3.8) is 0 Å². The number of methoxy groups -OCH3 is 2. The van der Waals surface area contributed by atoms with Gasteiger partial charge in [0, 0.05) is 35.4 Å². The van der Waals surface area contributed by atoms with Crippen molar-refractivity contribution in [3.8, 4) is 23.0 Å². The molecular formula is C30H33N3O6. The van der Waals surface area contributed by atoms with Gasteiger partial charge in [-0.15, -0.1) is 0 Å². The minimum atomic E-state index is -0.259. The van der Waals surface area contributed by atoms with Crippen molar-refractivity contribution in [2.75, 3.05) is 26.3 Å². The third-order valence-electron chi connectivity index (χ3n) is 7.25. The average Bonchev–Trinajstić information content (AvgIpc) is 3.44. The highest BCUT2D eigenvalue weighted by Gasteiger charge is 2.29. The number of carbonyl (C=O) groups is 2. The standard InChI is InChI=1S/C30H33N3O6/c1-36-25-12-7-21(16-27(25)37-2)30(35)33(24-10-8-22(31)9-11-24)17-19-4-3-5-23(14-19)32-29(34)20-6-13-26-28(15-20)39-18-38-26/h3-7,12-16,22,24H,8-11,17-18,31H2,1-2H3,(H,32,34). The number of nitrogens with two attached hydrogens (primary N) is 1. The highest BCUT2D eigenvalue weighted by atomic mass is 16.7. The number of benzene rings is 3. The number of amides is 2. The first kappa shape index (κ1) is 26.4. The maximum Gasteiger partial charge on any atom is 0.255 e. The van der Waals surface area contributed by atoms with E-state index in [0.29, 0.717) is 46.4 Å². The van der Waals surface area contributed by atoms with E-state index in [4.69, 9.17) is 24.7 Å². The molecule has 3 aromatic rings. The summed E-state index contributed by atoms with van der Waals surface area (Å²) in [4.78, 5) is 28.7. The molecule has 5 rings (SSSR count). The Balaban J connectivity index is 1.36. The topological polar surface area (TPSA) is 112 Å². The van der Waals surface area contributed by atoms with Crippen molar-refractivity contribution in [1.82, 2.24) is 4.90 Å². The molecule has 2 amide bonds. The van der Waals surface area contributed by atoms with Gasteiger partial charge in [0.2, 0.25) is 6.79 Å². The van der Waals surface area contributed by atoms with Crippen LogP contribution in [-0.4, -0.2) is 49.8 Å². The number of fused-ring (bicyclic) bond motifs is 1. The molecule has 1 aliphatic carbocycles. The molecule has 0 saturated heterocycles. The van der Waals surface area contributed by atoms with Crippen LogP contribution < -0.4 is 30.0 Å². The number of rotatable bonds is 8. The van der Waals surface area contributed by atoms with Crippen molar-refractivity contribution in [2.45, 2.75) is 44.3 Å². The molecule has 0 radical (unpaired) electrons. The van der Waals surface area contributed by atoms with Gasteiger partial charge >= 0.3 is 0 Å². The molecule has 1 aliphatic heterocycles. The van der Waals surface area contributed by atoms with Crippen LogP contribution in [0, 0.1) is 0 Å². The second-order valence-corrected chi connectivity index (χ2v) is 9.79. The molecule has 0 unspecified atom stereocenters. The van der Waals surface area contributed by atoms with Crippen LogP contribution in [0.15, 0.2) is 60.7 Å². The first-order valence-electron chi connectivity index (χ1n) is 13.0. The van der Waals surface area contributed by atoms with Crippen molar-refractivity contribution in [1.29, 1.82) is 0 Å². The smallest absolute Gasteiger partial charge is 0.255 e. The molecule has 9 nitrogen and oxygen atoms in total. The van der Waals surface area contributed by atoms with E-state index in [1.165, 1.54) is 0 Å². The van der Waals surface area contributed by atoms with Gasteiger partial charge in [0.15, 0.2) is 23.0 Å². The number of hydrogen-bond donors (Lipinski definition) is 2. The van der Waals surface area contributed by atoms with Crippen LogP contribution in [0.1, 0.15) is 52.0 Å². The summed E-state index contributed by atoms with van der Waals surface area (Å²) in [5.41, 5.74) is 8.69. The maximum absolute atomic E-state index is 13.8. The second kappa shape index (κ2) is 11.7. The molecule has 0 atom stereocenters. The van der Waals surface area contributed by atoms with Gasteiger partial charge in [-0.1, -0.05) is 12.1 Å². The summed E-state index contributed by atoms with van der Waals surface area (Å²) < 4.78 is 21.5. The molecule has 3 N–H and O–H groups in total. The van der Waals surface area contributed by atoms with Crippen LogP contribution in [0.4, 0.5) is 5.69 Å². The molecule has 9 heteroatoms. The molecule has 1 heterocycles. The predicted molar refractivity (Wildman–Crippen MR) is 147 cm³/mol. The van der Waals surface area contributed by atoms with Crippen LogP contribution in [-0.2, 0) is 6.54 Å². The monoisotopic (exact) mass is 531 g/mol. The lowest BCUT2D eigenvalue weighted by molar-refractivity contribution is 0.0606. The van der Waals surface area contributed by atoms with E-state index in [1.54, 1.807) is 50.6 Å². The minimum Gasteiger partial charge on any atom is -0.493 e. The Morgan fingerprint density at radius 2 is 1.64 bits per heavy atom. The summed E-state index contributed by atoms with van der Waals surface area (Å²) in [6.07, 6.45) is 3.40. The quantitative estimate of drug-likeness (QED) is 0.437. The molecule has 0 spiro atoms. The summed E-state index contributed by atoms with van der Waals surface area (Å²) in [6, 6.07) is 18.1. The molecule has 0 bridgehead atoms. The highest BCUT2D eigenvalue weighted by molar-refractivity contribution is 6.04. The zero-order valence-electron chi connectivity index (χ0n) is 22.1. The summed E-state index contributed by atoms with van der Waals surface area (Å²) in [6.45, 7) is 0.536. The summed E-state index contributed by atoms with van der Waals surface area (Å²) in [5, 5.41) is 2.95.